The van der Waals surface area contributed by atoms with Crippen LogP contribution in [0.3, 0.4) is 0 Å². The fourth-order valence-electron chi connectivity index (χ4n) is 1.41. The second kappa shape index (κ2) is 5.10. The normalized spacial score (nSPS) is 10.2. The molecule has 0 N–H and O–H groups in total. The first-order chi connectivity index (χ1) is 8.16. The molecule has 0 aliphatic carbocycles. The molecule has 3 nitrogen and oxygen atoms in total. The van der Waals surface area contributed by atoms with Gasteiger partial charge >= 0.3 is 0 Å². The van der Waals surface area contributed by atoms with Crippen molar-refractivity contribution in [1.82, 2.24) is 0 Å². The van der Waals surface area contributed by atoms with Crippen molar-refractivity contribution in [1.29, 1.82) is 0 Å². The van der Waals surface area contributed by atoms with Gasteiger partial charge in [0.15, 0.2) is 11.5 Å². The molecule has 0 spiro atoms. The van der Waals surface area contributed by atoms with Gasteiger partial charge in [-0.1, -0.05) is 28.1 Å². The largest absolute Gasteiger partial charge is 0.461 e. The number of carbonyl (C=O) groups is 2. The van der Waals surface area contributed by atoms with E-state index >= 15 is 0 Å². The average molecular weight is 293 g/mol. The molecule has 2 aromatic rings. The minimum Gasteiger partial charge on any atom is -0.461 e. The maximum atomic E-state index is 11.8. The lowest BCUT2D eigenvalue weighted by Gasteiger charge is -1.99. The highest BCUT2D eigenvalue weighted by Crippen LogP contribution is 2.13. The first-order valence-corrected chi connectivity index (χ1v) is 5.81. The Bertz CT molecular complexity index is 526. The highest BCUT2D eigenvalue weighted by molar-refractivity contribution is 9.10. The van der Waals surface area contributed by atoms with Gasteiger partial charge in [0.05, 0.1) is 12.7 Å². The Kier molecular flexibility index (Phi) is 3.54. The number of benzene rings is 1. The first kappa shape index (κ1) is 11.8. The van der Waals surface area contributed by atoms with Crippen molar-refractivity contribution in [3.8, 4) is 0 Å². The predicted molar refractivity (Wildman–Crippen MR) is 66.1 cm³/mol. The molecule has 0 bridgehead atoms. The number of carbonyl (C=O) groups excluding carboxylic acids is 2. The van der Waals surface area contributed by atoms with E-state index in [1.807, 2.05) is 0 Å². The van der Waals surface area contributed by atoms with Crippen LogP contribution in [0.25, 0.3) is 0 Å². The smallest absolute Gasteiger partial charge is 0.205 e. The van der Waals surface area contributed by atoms with Gasteiger partial charge in [0.25, 0.3) is 0 Å². The highest BCUT2D eigenvalue weighted by atomic mass is 79.9. The Hall–Kier alpha value is -1.68. The number of hydrogen-bond acceptors (Lipinski definition) is 3. The molecule has 0 atom stereocenters. The summed E-state index contributed by atoms with van der Waals surface area (Å²) in [5, 5.41) is 0. The summed E-state index contributed by atoms with van der Waals surface area (Å²) in [4.78, 5) is 23.4. The van der Waals surface area contributed by atoms with Crippen LogP contribution < -0.4 is 0 Å². The molecule has 0 aliphatic heterocycles. The van der Waals surface area contributed by atoms with E-state index in [0.717, 1.165) is 4.47 Å². The summed E-state index contributed by atoms with van der Waals surface area (Å²) in [6, 6.07) is 10.1. The maximum absolute atomic E-state index is 11.8. The summed E-state index contributed by atoms with van der Waals surface area (Å²) < 4.78 is 5.84. The van der Waals surface area contributed by atoms with Crippen LogP contribution in [-0.4, -0.2) is 11.6 Å². The third kappa shape index (κ3) is 2.91. The van der Waals surface area contributed by atoms with E-state index in [0.29, 0.717) is 5.56 Å². The number of ketones is 2. The molecule has 0 unspecified atom stereocenters. The number of Topliss-reactive ketones (excluding diaryl/α,β-unsaturated/α-hetero) is 2. The summed E-state index contributed by atoms with van der Waals surface area (Å²) in [5.41, 5.74) is 0.521. The standard InChI is InChI=1S/C13H9BrO3/c14-10-5-3-9(4-6-10)11(15)8-12(16)13-2-1-7-17-13/h1-7H,8H2. The Balaban J connectivity index is 2.07. The number of furan rings is 1. The molecule has 0 aliphatic rings. The van der Waals surface area contributed by atoms with Crippen LogP contribution in [0.2, 0.25) is 0 Å². The summed E-state index contributed by atoms with van der Waals surface area (Å²) in [7, 11) is 0. The third-order valence-electron chi connectivity index (χ3n) is 2.28. The summed E-state index contributed by atoms with van der Waals surface area (Å²) in [5.74, 6) is -0.294. The fraction of sp³-hybridized carbons (Fsp3) is 0.0769. The summed E-state index contributed by atoms with van der Waals surface area (Å²) in [6.07, 6.45) is 1.24. The molecule has 1 heterocycles. The zero-order valence-corrected chi connectivity index (χ0v) is 10.4. The van der Waals surface area contributed by atoms with Crippen molar-refractivity contribution < 1.29 is 14.0 Å². The van der Waals surface area contributed by atoms with Crippen molar-refractivity contribution in [2.45, 2.75) is 6.42 Å². The van der Waals surface area contributed by atoms with Gasteiger partial charge in [0.1, 0.15) is 0 Å². The lowest BCUT2D eigenvalue weighted by molar-refractivity contribution is 0.0878. The van der Waals surface area contributed by atoms with Gasteiger partial charge in [-0.3, -0.25) is 9.59 Å². The van der Waals surface area contributed by atoms with E-state index in [1.54, 1.807) is 36.4 Å². The topological polar surface area (TPSA) is 47.3 Å². The molecular weight excluding hydrogens is 284 g/mol. The average Bonchev–Trinajstić information content (AvgIpc) is 2.83. The van der Waals surface area contributed by atoms with Crippen molar-refractivity contribution in [2.75, 3.05) is 0 Å². The van der Waals surface area contributed by atoms with E-state index in [2.05, 4.69) is 15.9 Å². The Morgan fingerprint density at radius 2 is 1.76 bits per heavy atom. The third-order valence-corrected chi connectivity index (χ3v) is 2.81. The van der Waals surface area contributed by atoms with Crippen molar-refractivity contribution in [3.63, 3.8) is 0 Å². The Labute approximate surface area is 107 Å². The number of hydrogen-bond donors (Lipinski definition) is 0. The van der Waals surface area contributed by atoms with Gasteiger partial charge in [-0.15, -0.1) is 0 Å². The van der Waals surface area contributed by atoms with Gasteiger partial charge in [-0.2, -0.15) is 0 Å². The van der Waals surface area contributed by atoms with E-state index in [9.17, 15) is 9.59 Å². The zero-order valence-electron chi connectivity index (χ0n) is 8.85. The Morgan fingerprint density at radius 3 is 2.35 bits per heavy atom. The van der Waals surface area contributed by atoms with Gasteiger partial charge in [0.2, 0.25) is 5.78 Å². The lowest BCUT2D eigenvalue weighted by Crippen LogP contribution is -2.07. The quantitative estimate of drug-likeness (QED) is 0.640. The monoisotopic (exact) mass is 292 g/mol. The molecule has 17 heavy (non-hydrogen) atoms. The maximum Gasteiger partial charge on any atom is 0.205 e. The van der Waals surface area contributed by atoms with Crippen molar-refractivity contribution >= 4 is 27.5 Å². The van der Waals surface area contributed by atoms with Crippen LogP contribution in [0.5, 0.6) is 0 Å². The molecular formula is C13H9BrO3. The molecule has 0 amide bonds. The molecule has 1 aromatic carbocycles. The van der Waals surface area contributed by atoms with Crippen molar-refractivity contribution in [2.24, 2.45) is 0 Å². The number of halogens is 1. The van der Waals surface area contributed by atoms with E-state index in [1.165, 1.54) is 6.26 Å². The second-order valence-corrected chi connectivity index (χ2v) is 4.42. The van der Waals surface area contributed by atoms with Crippen LogP contribution in [0, 0.1) is 0 Å². The van der Waals surface area contributed by atoms with E-state index in [-0.39, 0.29) is 23.7 Å². The van der Waals surface area contributed by atoms with Gasteiger partial charge < -0.3 is 4.42 Å². The van der Waals surface area contributed by atoms with E-state index in [4.69, 9.17) is 4.42 Å². The minimum absolute atomic E-state index is 0.171. The number of rotatable bonds is 4. The molecule has 0 fully saturated rings. The Morgan fingerprint density at radius 1 is 1.06 bits per heavy atom. The molecule has 1 aromatic heterocycles. The molecule has 86 valence electrons. The highest BCUT2D eigenvalue weighted by Gasteiger charge is 2.15. The van der Waals surface area contributed by atoms with Crippen LogP contribution in [0.1, 0.15) is 27.3 Å². The zero-order chi connectivity index (χ0) is 12.3. The van der Waals surface area contributed by atoms with Crippen molar-refractivity contribution in [3.05, 3.63) is 58.5 Å². The minimum atomic E-state index is -0.303. The van der Waals surface area contributed by atoms with Crippen LogP contribution >= 0.6 is 15.9 Å². The van der Waals surface area contributed by atoms with Crippen LogP contribution in [-0.2, 0) is 0 Å². The van der Waals surface area contributed by atoms with Gasteiger partial charge in [-0.05, 0) is 24.3 Å². The molecule has 0 saturated heterocycles. The molecule has 0 radical (unpaired) electrons. The van der Waals surface area contributed by atoms with E-state index < -0.39 is 0 Å². The second-order valence-electron chi connectivity index (χ2n) is 3.51. The lowest BCUT2D eigenvalue weighted by atomic mass is 10.1. The SMILES string of the molecule is O=C(CC(=O)c1ccco1)c1ccc(Br)cc1. The summed E-state index contributed by atoms with van der Waals surface area (Å²) >= 11 is 3.28. The molecule has 4 heteroatoms. The van der Waals surface area contributed by atoms with Gasteiger partial charge in [-0.25, -0.2) is 0 Å². The fourth-order valence-corrected chi connectivity index (χ4v) is 1.67. The molecule has 0 saturated carbocycles. The molecule has 2 rings (SSSR count). The first-order valence-electron chi connectivity index (χ1n) is 5.02. The predicted octanol–water partition coefficient (Wildman–Crippen LogP) is 3.50. The van der Waals surface area contributed by atoms with Gasteiger partial charge in [0, 0.05) is 10.0 Å². The van der Waals surface area contributed by atoms with Crippen LogP contribution in [0.4, 0.5) is 0 Å². The van der Waals surface area contributed by atoms with Crippen LogP contribution in [0.15, 0.2) is 51.6 Å². The summed E-state index contributed by atoms with van der Waals surface area (Å²) in [6.45, 7) is 0.